The van der Waals surface area contributed by atoms with Crippen molar-refractivity contribution in [2.24, 2.45) is 0 Å². The molecule has 46 heavy (non-hydrogen) atoms. The van der Waals surface area contributed by atoms with Gasteiger partial charge in [-0.25, -0.2) is 0 Å². The molecule has 0 unspecified atom stereocenters. The van der Waals surface area contributed by atoms with Gasteiger partial charge in [0.25, 0.3) is 0 Å². The number of aliphatic carboxylic acids is 1. The molecule has 0 aliphatic carbocycles. The molecular weight excluding hydrogens is 613 g/mol. The summed E-state index contributed by atoms with van der Waals surface area (Å²) in [5.41, 5.74) is 2.78. The number of carboxylic acids is 1. The van der Waals surface area contributed by atoms with Crippen molar-refractivity contribution in [3.63, 3.8) is 0 Å². The summed E-state index contributed by atoms with van der Waals surface area (Å²) in [6.45, 7) is 22.2. The van der Waals surface area contributed by atoms with Crippen LogP contribution in [0.1, 0.15) is 70.8 Å². The molecule has 0 aromatic heterocycles. The van der Waals surface area contributed by atoms with Gasteiger partial charge in [0.15, 0.2) is 28.1 Å². The number of rotatable bonds is 15. The first-order valence-corrected chi connectivity index (χ1v) is 21.9. The number of hydrogen-bond donors (Lipinski definition) is 2. The molecular formula is C37H54O7Si2. The van der Waals surface area contributed by atoms with Crippen LogP contribution in [-0.2, 0) is 26.7 Å². The Morgan fingerprint density at radius 3 is 1.89 bits per heavy atom. The Morgan fingerprint density at radius 1 is 0.761 bits per heavy atom. The van der Waals surface area contributed by atoms with Crippen molar-refractivity contribution < 1.29 is 33.3 Å². The SMILES string of the molecule is CC(C)(C)[Si](C)(C)O[C@H](c1ccc(Oc2cc(CCC(=O)O)ccc2OCc2ccccc2)cc1)[C@@H](CO)O[Si](C)(C)C(C)(C)C. The predicted octanol–water partition coefficient (Wildman–Crippen LogP) is 9.52. The summed E-state index contributed by atoms with van der Waals surface area (Å²) in [6.07, 6.45) is -0.576. The molecule has 0 saturated heterocycles. The van der Waals surface area contributed by atoms with Crippen LogP contribution in [0.15, 0.2) is 72.8 Å². The summed E-state index contributed by atoms with van der Waals surface area (Å²) in [5.74, 6) is 0.820. The Bertz CT molecular complexity index is 1410. The highest BCUT2D eigenvalue weighted by Gasteiger charge is 2.45. The van der Waals surface area contributed by atoms with E-state index in [9.17, 15) is 15.0 Å². The molecule has 0 aliphatic heterocycles. The van der Waals surface area contributed by atoms with Crippen LogP contribution in [0, 0.1) is 0 Å². The first kappa shape index (κ1) is 37.5. The Kier molecular flexibility index (Phi) is 12.5. The average Bonchev–Trinajstić information content (AvgIpc) is 2.97. The number of aliphatic hydroxyl groups is 1. The van der Waals surface area contributed by atoms with Crippen molar-refractivity contribution in [1.29, 1.82) is 0 Å². The molecule has 9 heteroatoms. The highest BCUT2D eigenvalue weighted by atomic mass is 28.4. The van der Waals surface area contributed by atoms with Gasteiger partial charge in [0, 0.05) is 6.42 Å². The fourth-order valence-electron chi connectivity index (χ4n) is 4.35. The van der Waals surface area contributed by atoms with E-state index in [-0.39, 0.29) is 23.1 Å². The first-order chi connectivity index (χ1) is 21.3. The second kappa shape index (κ2) is 15.3. The van der Waals surface area contributed by atoms with Crippen LogP contribution in [0.4, 0.5) is 0 Å². The molecule has 0 amide bonds. The minimum atomic E-state index is -2.26. The summed E-state index contributed by atoms with van der Waals surface area (Å²) >= 11 is 0. The maximum Gasteiger partial charge on any atom is 0.303 e. The molecule has 2 N–H and O–H groups in total. The molecule has 0 spiro atoms. The van der Waals surface area contributed by atoms with Gasteiger partial charge in [0.1, 0.15) is 12.4 Å². The fourth-order valence-corrected chi connectivity index (χ4v) is 6.93. The number of hydrogen-bond acceptors (Lipinski definition) is 6. The monoisotopic (exact) mass is 666 g/mol. The van der Waals surface area contributed by atoms with Gasteiger partial charge in [0.2, 0.25) is 0 Å². The maximum absolute atomic E-state index is 11.2. The van der Waals surface area contributed by atoms with Gasteiger partial charge in [-0.05, 0) is 83.6 Å². The van der Waals surface area contributed by atoms with Crippen LogP contribution in [0.5, 0.6) is 17.2 Å². The molecule has 7 nitrogen and oxygen atoms in total. The van der Waals surface area contributed by atoms with Crippen molar-refractivity contribution in [2.75, 3.05) is 6.61 Å². The van der Waals surface area contributed by atoms with Crippen LogP contribution < -0.4 is 9.47 Å². The number of ether oxygens (including phenoxy) is 2. The van der Waals surface area contributed by atoms with E-state index in [0.717, 1.165) is 16.7 Å². The highest BCUT2D eigenvalue weighted by molar-refractivity contribution is 6.74. The van der Waals surface area contributed by atoms with Crippen molar-refractivity contribution >= 4 is 22.6 Å². The van der Waals surface area contributed by atoms with Gasteiger partial charge in [-0.15, -0.1) is 0 Å². The number of carboxylic acid groups (broad SMARTS) is 1. The van der Waals surface area contributed by atoms with Gasteiger partial charge in [-0.3, -0.25) is 4.79 Å². The van der Waals surface area contributed by atoms with E-state index in [1.165, 1.54) is 0 Å². The normalized spacial score (nSPS) is 14.1. The molecule has 0 radical (unpaired) electrons. The minimum Gasteiger partial charge on any atom is -0.485 e. The third-order valence-corrected chi connectivity index (χ3v) is 18.3. The number of benzene rings is 3. The quantitative estimate of drug-likeness (QED) is 0.156. The summed E-state index contributed by atoms with van der Waals surface area (Å²) in [7, 11) is -4.48. The van der Waals surface area contributed by atoms with Crippen LogP contribution in [0.3, 0.4) is 0 Å². The van der Waals surface area contributed by atoms with Gasteiger partial charge in [-0.2, -0.15) is 0 Å². The molecule has 3 aromatic rings. The lowest BCUT2D eigenvalue weighted by molar-refractivity contribution is -0.136. The molecule has 0 bridgehead atoms. The van der Waals surface area contributed by atoms with Gasteiger partial charge in [-0.1, -0.05) is 90.1 Å². The van der Waals surface area contributed by atoms with Crippen molar-refractivity contribution in [3.8, 4) is 17.2 Å². The predicted molar refractivity (Wildman–Crippen MR) is 190 cm³/mol. The third kappa shape index (κ3) is 10.3. The van der Waals surface area contributed by atoms with E-state index in [0.29, 0.717) is 30.3 Å². The van der Waals surface area contributed by atoms with Crippen molar-refractivity contribution in [1.82, 2.24) is 0 Å². The van der Waals surface area contributed by atoms with Crippen molar-refractivity contribution in [3.05, 3.63) is 89.5 Å². The summed E-state index contributed by atoms with van der Waals surface area (Å²) in [5, 5.41) is 19.8. The second-order valence-corrected chi connectivity index (χ2v) is 24.5. The average molecular weight is 667 g/mol. The van der Waals surface area contributed by atoms with Gasteiger partial charge >= 0.3 is 5.97 Å². The van der Waals surface area contributed by atoms with E-state index in [2.05, 4.69) is 67.7 Å². The fraction of sp³-hybridized carbons (Fsp3) is 0.486. The smallest absolute Gasteiger partial charge is 0.303 e. The topological polar surface area (TPSA) is 94.5 Å². The summed E-state index contributed by atoms with van der Waals surface area (Å²) < 4.78 is 26.3. The molecule has 0 aliphatic rings. The zero-order chi connectivity index (χ0) is 34.3. The Balaban J connectivity index is 1.94. The molecule has 3 aromatic carbocycles. The largest absolute Gasteiger partial charge is 0.485 e. The van der Waals surface area contributed by atoms with Crippen LogP contribution >= 0.6 is 0 Å². The van der Waals surface area contributed by atoms with E-state index >= 15 is 0 Å². The van der Waals surface area contributed by atoms with Gasteiger partial charge < -0.3 is 28.5 Å². The highest BCUT2D eigenvalue weighted by Crippen LogP contribution is 2.44. The Labute approximate surface area is 278 Å². The van der Waals surface area contributed by atoms with E-state index in [4.69, 9.17) is 18.3 Å². The number of aryl methyl sites for hydroxylation is 1. The van der Waals surface area contributed by atoms with Crippen LogP contribution in [-0.4, -0.2) is 45.5 Å². The Morgan fingerprint density at radius 2 is 1.35 bits per heavy atom. The molecule has 3 rings (SSSR count). The van der Waals surface area contributed by atoms with Crippen LogP contribution in [0.25, 0.3) is 0 Å². The number of carbonyl (C=O) groups is 1. The summed E-state index contributed by atoms with van der Waals surface area (Å²) in [6, 6.07) is 23.2. The number of aliphatic hydroxyl groups excluding tert-OH is 1. The van der Waals surface area contributed by atoms with Gasteiger partial charge in [0.05, 0.1) is 18.8 Å². The van der Waals surface area contributed by atoms with E-state index in [1.54, 1.807) is 0 Å². The van der Waals surface area contributed by atoms with E-state index < -0.39 is 34.8 Å². The second-order valence-electron chi connectivity index (χ2n) is 15.0. The standard InChI is InChI=1S/C37H54O7Si2/c1-36(2,3)45(7,8)43-33(25-38)35(44-46(9,10)37(4,5)6)29-18-20-30(21-19-29)42-32-24-27(17-23-34(39)40)16-22-31(32)41-26-28-14-12-11-13-15-28/h11-16,18-22,24,33,35,38H,17,23,25-26H2,1-10H3,(H,39,40)/t33-,35-/m1/s1. The zero-order valence-electron chi connectivity index (χ0n) is 29.3. The molecule has 0 saturated carbocycles. The van der Waals surface area contributed by atoms with Crippen molar-refractivity contribution in [2.45, 2.75) is 109 Å². The minimum absolute atomic E-state index is 0.0247. The van der Waals surface area contributed by atoms with Crippen LogP contribution in [0.2, 0.25) is 36.3 Å². The first-order valence-electron chi connectivity index (χ1n) is 16.1. The Hall–Kier alpha value is -2.96. The maximum atomic E-state index is 11.2. The summed E-state index contributed by atoms with van der Waals surface area (Å²) in [4.78, 5) is 11.2. The van der Waals surface area contributed by atoms with E-state index in [1.807, 2.05) is 72.8 Å². The lowest BCUT2D eigenvalue weighted by Gasteiger charge is -2.44. The molecule has 2 atom stereocenters. The molecule has 252 valence electrons. The lowest BCUT2D eigenvalue weighted by atomic mass is 10.0. The third-order valence-electron chi connectivity index (χ3n) is 9.31. The molecule has 0 heterocycles. The lowest BCUT2D eigenvalue weighted by Crippen LogP contribution is -2.50. The zero-order valence-corrected chi connectivity index (χ0v) is 31.3. The molecule has 0 fully saturated rings.